The lowest BCUT2D eigenvalue weighted by atomic mass is 10.1. The fraction of sp³-hybridized carbons (Fsp3) is 0.467. The van der Waals surface area contributed by atoms with Crippen LogP contribution in [0.3, 0.4) is 0 Å². The van der Waals surface area contributed by atoms with Gasteiger partial charge >= 0.3 is 5.97 Å². The molecule has 1 aromatic rings. The lowest BCUT2D eigenvalue weighted by Crippen LogP contribution is -2.35. The van der Waals surface area contributed by atoms with Gasteiger partial charge in [0.05, 0.1) is 26.2 Å². The Balaban J connectivity index is 2.83. The maximum atomic E-state index is 13.8. The first kappa shape index (κ1) is 18.0. The fourth-order valence-corrected chi connectivity index (χ4v) is 1.74. The molecule has 5 nitrogen and oxygen atoms in total. The Bertz CT molecular complexity index is 534. The minimum atomic E-state index is -1.41. The summed E-state index contributed by atoms with van der Waals surface area (Å²) in [6.07, 6.45) is -0.0485. The maximum absolute atomic E-state index is 13.8. The van der Waals surface area contributed by atoms with Crippen LogP contribution < -0.4 is 5.32 Å². The number of esters is 1. The number of hydrogen-bond acceptors (Lipinski definition) is 4. The first-order valence-electron chi connectivity index (χ1n) is 6.79. The number of benzene rings is 1. The van der Waals surface area contributed by atoms with Crippen LogP contribution in [-0.4, -0.2) is 31.7 Å². The Morgan fingerprint density at radius 2 is 1.95 bits per heavy atom. The molecule has 7 heteroatoms. The van der Waals surface area contributed by atoms with Crippen molar-refractivity contribution < 1.29 is 27.8 Å². The minimum absolute atomic E-state index is 0.0113. The average Bonchev–Trinajstić information content (AvgIpc) is 2.46. The lowest BCUT2D eigenvalue weighted by molar-refractivity contribution is -0.145. The summed E-state index contributed by atoms with van der Waals surface area (Å²) in [7, 11) is 1.10. The monoisotopic (exact) mass is 315 g/mol. The van der Waals surface area contributed by atoms with E-state index in [0.717, 1.165) is 25.3 Å². The largest absolute Gasteiger partial charge is 0.467 e. The van der Waals surface area contributed by atoms with Gasteiger partial charge in [0.1, 0.15) is 11.6 Å². The van der Waals surface area contributed by atoms with Gasteiger partial charge in [0, 0.05) is 5.56 Å². The van der Waals surface area contributed by atoms with Gasteiger partial charge in [0.25, 0.3) is 0 Å². The second-order valence-corrected chi connectivity index (χ2v) is 4.86. The van der Waals surface area contributed by atoms with E-state index in [-0.39, 0.29) is 24.7 Å². The Morgan fingerprint density at radius 3 is 2.55 bits per heavy atom. The van der Waals surface area contributed by atoms with E-state index in [1.807, 2.05) is 13.8 Å². The zero-order chi connectivity index (χ0) is 16.7. The van der Waals surface area contributed by atoms with Gasteiger partial charge in [0.2, 0.25) is 5.91 Å². The smallest absolute Gasteiger partial charge is 0.333 e. The fourth-order valence-electron chi connectivity index (χ4n) is 1.74. The zero-order valence-corrected chi connectivity index (χ0v) is 12.7. The summed E-state index contributed by atoms with van der Waals surface area (Å²) in [6, 6.07) is 1.24. The van der Waals surface area contributed by atoms with Crippen LogP contribution in [0.1, 0.15) is 31.9 Å². The standard InChI is InChI=1S/C15H19F2NO4/c1-9(2)22-7-6-13(19)18-14(15(20)21-3)11-8-10(16)4-5-12(11)17/h4-5,8-9,14H,6-7H2,1-3H3,(H,18,19)/t14-/m1/s1. The summed E-state index contributed by atoms with van der Waals surface area (Å²) in [5, 5.41) is 2.33. The first-order chi connectivity index (χ1) is 10.3. The third-order valence-corrected chi connectivity index (χ3v) is 2.79. The molecule has 0 unspecified atom stereocenters. The van der Waals surface area contributed by atoms with Gasteiger partial charge in [-0.3, -0.25) is 4.79 Å². The van der Waals surface area contributed by atoms with Crippen LogP contribution in [0, 0.1) is 11.6 Å². The van der Waals surface area contributed by atoms with Crippen LogP contribution in [0.25, 0.3) is 0 Å². The number of amides is 1. The summed E-state index contributed by atoms with van der Waals surface area (Å²) in [5.41, 5.74) is -0.287. The highest BCUT2D eigenvalue weighted by Crippen LogP contribution is 2.20. The van der Waals surface area contributed by atoms with Crippen LogP contribution in [-0.2, 0) is 19.1 Å². The molecular formula is C15H19F2NO4. The summed E-state index contributed by atoms with van der Waals surface area (Å²) < 4.78 is 36.8. The second kappa shape index (κ2) is 8.43. The molecule has 0 heterocycles. The van der Waals surface area contributed by atoms with Crippen molar-refractivity contribution in [3.63, 3.8) is 0 Å². The molecule has 1 N–H and O–H groups in total. The molecule has 0 aliphatic carbocycles. The number of carbonyl (C=O) groups excluding carboxylic acids is 2. The molecule has 0 aromatic heterocycles. The predicted molar refractivity (Wildman–Crippen MR) is 75.0 cm³/mol. The predicted octanol–water partition coefficient (Wildman–Crippen LogP) is 2.11. The summed E-state index contributed by atoms with van der Waals surface area (Å²) in [5.74, 6) is -2.94. The van der Waals surface area contributed by atoms with Gasteiger partial charge in [-0.15, -0.1) is 0 Å². The Kier molecular flexibility index (Phi) is 6.91. The number of rotatable bonds is 7. The van der Waals surface area contributed by atoms with Gasteiger partial charge in [-0.2, -0.15) is 0 Å². The van der Waals surface area contributed by atoms with Crippen LogP contribution in [0.15, 0.2) is 18.2 Å². The summed E-state index contributed by atoms with van der Waals surface area (Å²) in [4.78, 5) is 23.5. The Hall–Kier alpha value is -2.02. The number of ether oxygens (including phenoxy) is 2. The van der Waals surface area contributed by atoms with Crippen LogP contribution in [0.4, 0.5) is 8.78 Å². The second-order valence-electron chi connectivity index (χ2n) is 4.86. The van der Waals surface area contributed by atoms with Crippen LogP contribution >= 0.6 is 0 Å². The number of carbonyl (C=O) groups is 2. The molecule has 0 fully saturated rings. The highest BCUT2D eigenvalue weighted by molar-refractivity contribution is 5.85. The van der Waals surface area contributed by atoms with Crippen molar-refractivity contribution in [1.82, 2.24) is 5.32 Å². The summed E-state index contributed by atoms with van der Waals surface area (Å²) >= 11 is 0. The van der Waals surface area contributed by atoms with Crippen LogP contribution in [0.5, 0.6) is 0 Å². The van der Waals surface area contributed by atoms with Crippen molar-refractivity contribution in [1.29, 1.82) is 0 Å². The van der Waals surface area contributed by atoms with Gasteiger partial charge in [-0.1, -0.05) is 0 Å². The topological polar surface area (TPSA) is 64.6 Å². The average molecular weight is 315 g/mol. The Morgan fingerprint density at radius 1 is 1.27 bits per heavy atom. The zero-order valence-electron chi connectivity index (χ0n) is 12.7. The summed E-state index contributed by atoms with van der Waals surface area (Å²) in [6.45, 7) is 3.79. The molecule has 0 spiro atoms. The van der Waals surface area contributed by atoms with Crippen molar-refractivity contribution in [3.8, 4) is 0 Å². The van der Waals surface area contributed by atoms with E-state index in [1.165, 1.54) is 0 Å². The van der Waals surface area contributed by atoms with Crippen molar-refractivity contribution in [2.24, 2.45) is 0 Å². The Labute approximate surface area is 127 Å². The van der Waals surface area contributed by atoms with E-state index >= 15 is 0 Å². The minimum Gasteiger partial charge on any atom is -0.467 e. The number of methoxy groups -OCH3 is 1. The van der Waals surface area contributed by atoms with E-state index in [4.69, 9.17) is 4.74 Å². The highest BCUT2D eigenvalue weighted by Gasteiger charge is 2.26. The quantitative estimate of drug-likeness (QED) is 0.783. The molecule has 0 radical (unpaired) electrons. The molecule has 0 bridgehead atoms. The van der Waals surface area contributed by atoms with Gasteiger partial charge in [-0.05, 0) is 32.0 Å². The first-order valence-corrected chi connectivity index (χ1v) is 6.79. The van der Waals surface area contributed by atoms with Gasteiger partial charge < -0.3 is 14.8 Å². The normalized spacial score (nSPS) is 12.1. The number of hydrogen-bond donors (Lipinski definition) is 1. The van der Waals surface area contributed by atoms with Gasteiger partial charge in [-0.25, -0.2) is 13.6 Å². The molecule has 0 aliphatic rings. The molecule has 122 valence electrons. The molecule has 1 amide bonds. The van der Waals surface area contributed by atoms with E-state index in [1.54, 1.807) is 0 Å². The maximum Gasteiger partial charge on any atom is 0.333 e. The lowest BCUT2D eigenvalue weighted by Gasteiger charge is -2.18. The molecule has 0 saturated carbocycles. The highest BCUT2D eigenvalue weighted by atomic mass is 19.1. The van der Waals surface area contributed by atoms with E-state index in [9.17, 15) is 18.4 Å². The molecule has 0 saturated heterocycles. The molecule has 1 aromatic carbocycles. The van der Waals surface area contributed by atoms with E-state index < -0.39 is 29.6 Å². The van der Waals surface area contributed by atoms with Crippen molar-refractivity contribution in [2.45, 2.75) is 32.4 Å². The third kappa shape index (κ3) is 5.40. The molecule has 1 atom stereocenters. The van der Waals surface area contributed by atoms with Crippen LogP contribution in [0.2, 0.25) is 0 Å². The molecule has 22 heavy (non-hydrogen) atoms. The third-order valence-electron chi connectivity index (χ3n) is 2.79. The number of nitrogens with one attached hydrogen (secondary N) is 1. The van der Waals surface area contributed by atoms with Crippen molar-refractivity contribution >= 4 is 11.9 Å². The SMILES string of the molecule is COC(=O)[C@H](NC(=O)CCOC(C)C)c1cc(F)ccc1F. The van der Waals surface area contributed by atoms with Gasteiger partial charge in [0.15, 0.2) is 6.04 Å². The molecule has 0 aliphatic heterocycles. The molecule has 1 rings (SSSR count). The van der Waals surface area contributed by atoms with E-state index in [0.29, 0.717) is 0 Å². The van der Waals surface area contributed by atoms with Crippen molar-refractivity contribution in [2.75, 3.05) is 13.7 Å². The van der Waals surface area contributed by atoms with Crippen molar-refractivity contribution in [3.05, 3.63) is 35.4 Å². The van der Waals surface area contributed by atoms with E-state index in [2.05, 4.69) is 10.1 Å². The molecular weight excluding hydrogens is 296 g/mol. The number of halogens is 2.